The highest BCUT2D eigenvalue weighted by Gasteiger charge is 2.38. The van der Waals surface area contributed by atoms with Crippen molar-refractivity contribution in [1.29, 1.82) is 0 Å². The van der Waals surface area contributed by atoms with E-state index < -0.39 is 0 Å². The summed E-state index contributed by atoms with van der Waals surface area (Å²) in [7, 11) is 2.10. The van der Waals surface area contributed by atoms with Gasteiger partial charge in [0.2, 0.25) is 0 Å². The van der Waals surface area contributed by atoms with Crippen molar-refractivity contribution in [3.05, 3.63) is 70.7 Å². The number of hydrogen-bond donors (Lipinski definition) is 0. The highest BCUT2D eigenvalue weighted by atomic mass is 35.5. The van der Waals surface area contributed by atoms with Crippen LogP contribution >= 0.6 is 11.6 Å². The average molecular weight is 288 g/mol. The van der Waals surface area contributed by atoms with E-state index in [2.05, 4.69) is 43.1 Å². The Morgan fingerprint density at radius 2 is 1.60 bits per heavy atom. The summed E-state index contributed by atoms with van der Waals surface area (Å²) >= 11 is 5.95. The van der Waals surface area contributed by atoms with Crippen molar-refractivity contribution < 1.29 is 4.74 Å². The number of likely N-dealkylation sites (N-methyl/N-ethyl adjacent to an activating group) is 1. The third-order valence-electron chi connectivity index (χ3n) is 4.01. The van der Waals surface area contributed by atoms with Gasteiger partial charge in [-0.05, 0) is 37.2 Å². The molecule has 0 aliphatic carbocycles. The van der Waals surface area contributed by atoms with E-state index in [1.54, 1.807) is 0 Å². The Bertz CT molecular complexity index is 569. The maximum absolute atomic E-state index is 6.28. The van der Waals surface area contributed by atoms with Crippen LogP contribution in [0.1, 0.15) is 30.4 Å². The van der Waals surface area contributed by atoms with E-state index in [1.165, 1.54) is 5.56 Å². The molecule has 20 heavy (non-hydrogen) atoms. The Kier molecular flexibility index (Phi) is 3.79. The van der Waals surface area contributed by atoms with Crippen LogP contribution in [0.3, 0.4) is 0 Å². The van der Waals surface area contributed by atoms with Crippen LogP contribution in [0.15, 0.2) is 54.6 Å². The van der Waals surface area contributed by atoms with Crippen molar-refractivity contribution in [3.8, 4) is 0 Å². The number of nitrogens with zero attached hydrogens (tertiary/aromatic N) is 1. The second kappa shape index (κ2) is 5.57. The number of rotatable bonds is 2. The van der Waals surface area contributed by atoms with E-state index in [9.17, 15) is 0 Å². The van der Waals surface area contributed by atoms with Crippen LogP contribution in [0, 0.1) is 0 Å². The van der Waals surface area contributed by atoms with Crippen molar-refractivity contribution in [2.45, 2.75) is 25.3 Å². The van der Waals surface area contributed by atoms with Gasteiger partial charge in [0.1, 0.15) is 12.3 Å². The first kappa shape index (κ1) is 13.6. The van der Waals surface area contributed by atoms with Crippen LogP contribution in [0.5, 0.6) is 0 Å². The fourth-order valence-corrected chi connectivity index (χ4v) is 2.84. The van der Waals surface area contributed by atoms with Gasteiger partial charge in [-0.15, -0.1) is 0 Å². The molecule has 104 valence electrons. The Morgan fingerprint density at radius 3 is 2.25 bits per heavy atom. The lowest BCUT2D eigenvalue weighted by Gasteiger charge is -2.21. The number of hydrogen-bond acceptors (Lipinski definition) is 2. The van der Waals surface area contributed by atoms with E-state index in [1.807, 2.05) is 30.3 Å². The second-order valence-electron chi connectivity index (χ2n) is 5.28. The maximum atomic E-state index is 6.28. The summed E-state index contributed by atoms with van der Waals surface area (Å²) in [4.78, 5) is 2.26. The van der Waals surface area contributed by atoms with Gasteiger partial charge < -0.3 is 4.74 Å². The van der Waals surface area contributed by atoms with E-state index in [0.717, 1.165) is 10.6 Å². The largest absolute Gasteiger partial charge is 0.349 e. The standard InChI is InChI=1S/C17H18ClNO/c1-12-16(13-6-4-3-5-7-13)20-17(19(12)2)14-8-10-15(18)11-9-14/h3-12,16-17H,1-2H3/t12-,16+,17+/m0/s1. The lowest BCUT2D eigenvalue weighted by atomic mass is 10.0. The molecule has 0 amide bonds. The quantitative estimate of drug-likeness (QED) is 0.810. The van der Waals surface area contributed by atoms with Crippen molar-refractivity contribution in [1.82, 2.24) is 4.90 Å². The summed E-state index contributed by atoms with van der Waals surface area (Å²) in [5.74, 6) is 0. The van der Waals surface area contributed by atoms with Crippen molar-refractivity contribution in [2.24, 2.45) is 0 Å². The molecule has 3 heteroatoms. The molecule has 0 bridgehead atoms. The topological polar surface area (TPSA) is 12.5 Å². The lowest BCUT2D eigenvalue weighted by molar-refractivity contribution is 0.00560. The molecular formula is C17H18ClNO. The van der Waals surface area contributed by atoms with Crippen LogP contribution in [-0.2, 0) is 4.74 Å². The van der Waals surface area contributed by atoms with Crippen LogP contribution in [0.25, 0.3) is 0 Å². The Balaban J connectivity index is 1.87. The fourth-order valence-electron chi connectivity index (χ4n) is 2.72. The molecular weight excluding hydrogens is 270 g/mol. The van der Waals surface area contributed by atoms with E-state index in [4.69, 9.17) is 16.3 Å². The van der Waals surface area contributed by atoms with Crippen LogP contribution < -0.4 is 0 Å². The van der Waals surface area contributed by atoms with Gasteiger partial charge in [-0.2, -0.15) is 0 Å². The Morgan fingerprint density at radius 1 is 0.950 bits per heavy atom. The van der Waals surface area contributed by atoms with Gasteiger partial charge in [0, 0.05) is 11.1 Å². The minimum Gasteiger partial charge on any atom is -0.349 e. The van der Waals surface area contributed by atoms with E-state index >= 15 is 0 Å². The molecule has 1 saturated heterocycles. The SMILES string of the molecule is C[C@H]1[C@H](c2ccccc2)O[C@H](c2ccc(Cl)cc2)N1C. The number of ether oxygens (including phenoxy) is 1. The third kappa shape index (κ3) is 2.47. The summed E-state index contributed by atoms with van der Waals surface area (Å²) in [5, 5.41) is 0.752. The summed E-state index contributed by atoms with van der Waals surface area (Å²) in [6.07, 6.45) is 0.0781. The van der Waals surface area contributed by atoms with E-state index in [0.29, 0.717) is 6.04 Å². The summed E-state index contributed by atoms with van der Waals surface area (Å²) in [5.41, 5.74) is 2.37. The van der Waals surface area contributed by atoms with Crippen LogP contribution in [-0.4, -0.2) is 18.0 Å². The smallest absolute Gasteiger partial charge is 0.137 e. The predicted molar refractivity (Wildman–Crippen MR) is 81.7 cm³/mol. The van der Waals surface area contributed by atoms with Crippen molar-refractivity contribution >= 4 is 11.6 Å². The zero-order valence-corrected chi connectivity index (χ0v) is 12.4. The lowest BCUT2D eigenvalue weighted by Crippen LogP contribution is -2.27. The van der Waals surface area contributed by atoms with Gasteiger partial charge >= 0.3 is 0 Å². The highest BCUT2D eigenvalue weighted by molar-refractivity contribution is 6.30. The molecule has 3 atom stereocenters. The normalized spacial score (nSPS) is 26.9. The van der Waals surface area contributed by atoms with Gasteiger partial charge in [0.05, 0.1) is 0 Å². The highest BCUT2D eigenvalue weighted by Crippen LogP contribution is 2.41. The first-order valence-corrected chi connectivity index (χ1v) is 7.22. The second-order valence-corrected chi connectivity index (χ2v) is 5.71. The zero-order chi connectivity index (χ0) is 14.1. The molecule has 0 aromatic heterocycles. The first-order valence-electron chi connectivity index (χ1n) is 6.84. The molecule has 3 rings (SSSR count). The molecule has 1 aliphatic heterocycles. The van der Waals surface area contributed by atoms with Gasteiger partial charge in [0.25, 0.3) is 0 Å². The Hall–Kier alpha value is -1.35. The molecule has 0 saturated carbocycles. The third-order valence-corrected chi connectivity index (χ3v) is 4.26. The average Bonchev–Trinajstić information content (AvgIpc) is 2.77. The van der Waals surface area contributed by atoms with Gasteiger partial charge in [-0.3, -0.25) is 4.90 Å². The summed E-state index contributed by atoms with van der Waals surface area (Å²) < 4.78 is 6.28. The molecule has 1 aliphatic rings. The Labute approximate surface area is 124 Å². The minimum atomic E-state index is -0.0209. The molecule has 2 aromatic rings. The van der Waals surface area contributed by atoms with Crippen molar-refractivity contribution in [3.63, 3.8) is 0 Å². The maximum Gasteiger partial charge on any atom is 0.137 e. The molecule has 0 N–H and O–H groups in total. The molecule has 1 heterocycles. The summed E-state index contributed by atoms with van der Waals surface area (Å²) in [6, 6.07) is 18.6. The molecule has 0 spiro atoms. The minimum absolute atomic E-state index is 0.0209. The molecule has 0 radical (unpaired) electrons. The zero-order valence-electron chi connectivity index (χ0n) is 11.7. The summed E-state index contributed by atoms with van der Waals surface area (Å²) in [6.45, 7) is 2.20. The number of benzene rings is 2. The molecule has 0 unspecified atom stereocenters. The van der Waals surface area contributed by atoms with Crippen LogP contribution in [0.4, 0.5) is 0 Å². The number of halogens is 1. The van der Waals surface area contributed by atoms with Gasteiger partial charge in [0.15, 0.2) is 0 Å². The van der Waals surface area contributed by atoms with E-state index in [-0.39, 0.29) is 12.3 Å². The monoisotopic (exact) mass is 287 g/mol. The molecule has 2 aromatic carbocycles. The molecule has 2 nitrogen and oxygen atoms in total. The van der Waals surface area contributed by atoms with Gasteiger partial charge in [-0.1, -0.05) is 54.1 Å². The first-order chi connectivity index (χ1) is 9.66. The van der Waals surface area contributed by atoms with Crippen molar-refractivity contribution in [2.75, 3.05) is 7.05 Å². The van der Waals surface area contributed by atoms with Gasteiger partial charge in [-0.25, -0.2) is 0 Å². The fraction of sp³-hybridized carbons (Fsp3) is 0.294. The predicted octanol–water partition coefficient (Wildman–Crippen LogP) is 4.43. The van der Waals surface area contributed by atoms with Crippen LogP contribution in [0.2, 0.25) is 5.02 Å². The molecule has 1 fully saturated rings.